The normalized spacial score (nSPS) is 10.9. The van der Waals surface area contributed by atoms with E-state index in [4.69, 9.17) is 14.7 Å². The highest BCUT2D eigenvalue weighted by atomic mass is 16.5. The van der Waals surface area contributed by atoms with E-state index >= 15 is 0 Å². The lowest BCUT2D eigenvalue weighted by Gasteiger charge is -2.19. The summed E-state index contributed by atoms with van der Waals surface area (Å²) in [4.78, 5) is 0. The third kappa shape index (κ3) is 4.15. The van der Waals surface area contributed by atoms with Gasteiger partial charge in [0.2, 0.25) is 0 Å². The summed E-state index contributed by atoms with van der Waals surface area (Å²) in [5, 5.41) is 12.2. The van der Waals surface area contributed by atoms with Crippen molar-refractivity contribution < 1.29 is 9.47 Å². The van der Waals surface area contributed by atoms with Crippen molar-refractivity contribution in [3.05, 3.63) is 23.3 Å². The molecule has 0 fully saturated rings. The Bertz CT molecular complexity index is 476. The number of benzene rings is 1. The van der Waals surface area contributed by atoms with Gasteiger partial charge in [-0.2, -0.15) is 5.26 Å². The van der Waals surface area contributed by atoms with Crippen LogP contribution in [0.4, 0.5) is 0 Å². The molecule has 0 atom stereocenters. The minimum Gasteiger partial charge on any atom is -0.497 e. The summed E-state index contributed by atoms with van der Waals surface area (Å²) in [7, 11) is 3.30. The third-order valence-electron chi connectivity index (χ3n) is 3.08. The molecule has 104 valence electrons. The first-order valence-electron chi connectivity index (χ1n) is 6.31. The molecule has 0 aromatic heterocycles. The third-order valence-corrected chi connectivity index (χ3v) is 3.08. The summed E-state index contributed by atoms with van der Waals surface area (Å²) >= 11 is 0. The second-order valence-corrected chi connectivity index (χ2v) is 5.04. The van der Waals surface area contributed by atoms with Crippen LogP contribution in [0.15, 0.2) is 12.1 Å². The van der Waals surface area contributed by atoms with Gasteiger partial charge in [0.25, 0.3) is 0 Å². The Labute approximate surface area is 115 Å². The fourth-order valence-electron chi connectivity index (χ4n) is 1.91. The van der Waals surface area contributed by atoms with Gasteiger partial charge in [-0.05, 0) is 44.4 Å². The summed E-state index contributed by atoms with van der Waals surface area (Å²) in [6.07, 6.45) is 0.810. The first kappa shape index (κ1) is 15.3. The lowest BCUT2D eigenvalue weighted by Crippen LogP contribution is -2.38. The Hall–Kier alpha value is -1.73. The summed E-state index contributed by atoms with van der Waals surface area (Å²) in [5.41, 5.74) is 1.77. The number of ether oxygens (including phenoxy) is 2. The summed E-state index contributed by atoms with van der Waals surface area (Å²) in [5.74, 6) is 1.62. The number of methoxy groups -OCH3 is 2. The van der Waals surface area contributed by atoms with E-state index in [2.05, 4.69) is 11.4 Å². The molecule has 0 aliphatic carbocycles. The zero-order valence-corrected chi connectivity index (χ0v) is 12.3. The average molecular weight is 262 g/mol. The minimum atomic E-state index is -0.506. The first-order chi connectivity index (χ1) is 8.93. The number of aryl methyl sites for hydroxylation is 1. The molecule has 0 unspecified atom stereocenters. The van der Waals surface area contributed by atoms with Crippen LogP contribution in [0.1, 0.15) is 25.0 Å². The van der Waals surface area contributed by atoms with Crippen molar-refractivity contribution in [3.63, 3.8) is 0 Å². The van der Waals surface area contributed by atoms with Crippen molar-refractivity contribution in [3.8, 4) is 17.6 Å². The van der Waals surface area contributed by atoms with E-state index in [9.17, 15) is 0 Å². The van der Waals surface area contributed by atoms with E-state index < -0.39 is 5.54 Å². The second-order valence-electron chi connectivity index (χ2n) is 5.04. The van der Waals surface area contributed by atoms with Gasteiger partial charge in [0, 0.05) is 12.6 Å². The van der Waals surface area contributed by atoms with E-state index in [0.29, 0.717) is 0 Å². The van der Waals surface area contributed by atoms with E-state index in [1.807, 2.05) is 32.9 Å². The van der Waals surface area contributed by atoms with Crippen molar-refractivity contribution in [1.29, 1.82) is 5.26 Å². The second kappa shape index (κ2) is 6.44. The highest BCUT2D eigenvalue weighted by Gasteiger charge is 2.16. The predicted molar refractivity (Wildman–Crippen MR) is 75.7 cm³/mol. The molecule has 0 spiro atoms. The molecule has 4 heteroatoms. The van der Waals surface area contributed by atoms with Crippen LogP contribution in [0.3, 0.4) is 0 Å². The lowest BCUT2D eigenvalue weighted by atomic mass is 10.0. The quantitative estimate of drug-likeness (QED) is 0.855. The number of hydrogen-bond donors (Lipinski definition) is 1. The molecular weight excluding hydrogens is 240 g/mol. The van der Waals surface area contributed by atoms with Crippen molar-refractivity contribution in [2.45, 2.75) is 32.7 Å². The SMILES string of the molecule is COc1cc(C)c(CCNC(C)(C)C#N)c(OC)c1. The lowest BCUT2D eigenvalue weighted by molar-refractivity contribution is 0.389. The van der Waals surface area contributed by atoms with Crippen LogP contribution in [0, 0.1) is 18.3 Å². The smallest absolute Gasteiger partial charge is 0.126 e. The number of hydrogen-bond acceptors (Lipinski definition) is 4. The maximum absolute atomic E-state index is 8.96. The van der Waals surface area contributed by atoms with Crippen molar-refractivity contribution in [2.75, 3.05) is 20.8 Å². The predicted octanol–water partition coefficient (Wildman–Crippen LogP) is 2.45. The van der Waals surface area contributed by atoms with Crippen molar-refractivity contribution in [1.82, 2.24) is 5.32 Å². The van der Waals surface area contributed by atoms with Crippen LogP contribution in [-0.4, -0.2) is 26.3 Å². The van der Waals surface area contributed by atoms with Gasteiger partial charge in [0.05, 0.1) is 20.3 Å². The largest absolute Gasteiger partial charge is 0.497 e. The average Bonchev–Trinajstić information content (AvgIpc) is 2.39. The number of rotatable bonds is 6. The molecule has 1 rings (SSSR count). The molecule has 4 nitrogen and oxygen atoms in total. The Morgan fingerprint density at radius 2 is 1.95 bits per heavy atom. The number of nitriles is 1. The van der Waals surface area contributed by atoms with Crippen LogP contribution < -0.4 is 14.8 Å². The molecule has 1 aromatic carbocycles. The Balaban J connectivity index is 2.81. The molecule has 1 N–H and O–H groups in total. The van der Waals surface area contributed by atoms with Crippen molar-refractivity contribution >= 4 is 0 Å². The number of nitrogens with zero attached hydrogens (tertiary/aromatic N) is 1. The first-order valence-corrected chi connectivity index (χ1v) is 6.31. The molecule has 0 aliphatic rings. The van der Waals surface area contributed by atoms with E-state index in [1.165, 1.54) is 0 Å². The maximum atomic E-state index is 8.96. The van der Waals surface area contributed by atoms with Gasteiger partial charge in [-0.15, -0.1) is 0 Å². The van der Waals surface area contributed by atoms with Gasteiger partial charge in [-0.1, -0.05) is 0 Å². The van der Waals surface area contributed by atoms with Crippen LogP contribution >= 0.6 is 0 Å². The molecule has 0 amide bonds. The highest BCUT2D eigenvalue weighted by Crippen LogP contribution is 2.28. The molecule has 0 heterocycles. The van der Waals surface area contributed by atoms with Gasteiger partial charge in [0.1, 0.15) is 17.0 Å². The van der Waals surface area contributed by atoms with E-state index in [1.54, 1.807) is 14.2 Å². The molecule has 0 bridgehead atoms. The van der Waals surface area contributed by atoms with Gasteiger partial charge in [-0.25, -0.2) is 0 Å². The monoisotopic (exact) mass is 262 g/mol. The molecule has 0 radical (unpaired) electrons. The highest BCUT2D eigenvalue weighted by molar-refractivity contribution is 5.46. The van der Waals surface area contributed by atoms with Crippen LogP contribution in [0.2, 0.25) is 0 Å². The van der Waals surface area contributed by atoms with Crippen LogP contribution in [-0.2, 0) is 6.42 Å². The zero-order chi connectivity index (χ0) is 14.5. The summed E-state index contributed by atoms with van der Waals surface area (Å²) in [6, 6.07) is 6.11. The van der Waals surface area contributed by atoms with Gasteiger partial charge >= 0.3 is 0 Å². The molecule has 0 saturated heterocycles. The molecule has 0 aliphatic heterocycles. The molecule has 0 saturated carbocycles. The van der Waals surface area contributed by atoms with Gasteiger partial charge in [-0.3, -0.25) is 5.32 Å². The van der Waals surface area contributed by atoms with Gasteiger partial charge in [0.15, 0.2) is 0 Å². The standard InChI is InChI=1S/C15H22N2O2/c1-11-8-12(18-4)9-14(19-5)13(11)6-7-17-15(2,3)10-16/h8-9,17H,6-7H2,1-5H3. The summed E-state index contributed by atoms with van der Waals surface area (Å²) in [6.45, 7) is 6.50. The Kier molecular flexibility index (Phi) is 5.20. The zero-order valence-electron chi connectivity index (χ0n) is 12.3. The summed E-state index contributed by atoms with van der Waals surface area (Å²) < 4.78 is 10.6. The van der Waals surface area contributed by atoms with Gasteiger partial charge < -0.3 is 9.47 Å². The minimum absolute atomic E-state index is 0.506. The molecular formula is C15H22N2O2. The molecule has 1 aromatic rings. The molecule has 19 heavy (non-hydrogen) atoms. The Morgan fingerprint density at radius 1 is 1.26 bits per heavy atom. The van der Waals surface area contributed by atoms with E-state index in [-0.39, 0.29) is 0 Å². The Morgan fingerprint density at radius 3 is 2.47 bits per heavy atom. The topological polar surface area (TPSA) is 54.3 Å². The van der Waals surface area contributed by atoms with Crippen molar-refractivity contribution in [2.24, 2.45) is 0 Å². The van der Waals surface area contributed by atoms with E-state index in [0.717, 1.165) is 35.6 Å². The maximum Gasteiger partial charge on any atom is 0.126 e. The van der Waals surface area contributed by atoms with Crippen LogP contribution in [0.5, 0.6) is 11.5 Å². The number of nitrogens with one attached hydrogen (secondary N) is 1. The van der Waals surface area contributed by atoms with Crippen LogP contribution in [0.25, 0.3) is 0 Å². The fraction of sp³-hybridized carbons (Fsp3) is 0.533. The fourth-order valence-corrected chi connectivity index (χ4v) is 1.91.